The standard InChI is InChI=1S/C9H10N2OS/c1-6(12)7-4-11-8(13-7)9(2,3)5-10/h4H,1-3H3. The predicted octanol–water partition coefficient (Wildman–Crippen LogP) is 2.15. The highest BCUT2D eigenvalue weighted by Gasteiger charge is 2.24. The van der Waals surface area contributed by atoms with E-state index in [0.29, 0.717) is 9.88 Å². The minimum atomic E-state index is -0.599. The number of aromatic nitrogens is 1. The molecule has 1 heterocycles. The minimum Gasteiger partial charge on any atom is -0.294 e. The molecule has 0 aliphatic carbocycles. The van der Waals surface area contributed by atoms with Crippen LogP contribution in [0, 0.1) is 11.3 Å². The molecule has 0 saturated carbocycles. The molecule has 13 heavy (non-hydrogen) atoms. The fraction of sp³-hybridized carbons (Fsp3) is 0.444. The van der Waals surface area contributed by atoms with Crippen LogP contribution < -0.4 is 0 Å². The Bertz CT molecular complexity index is 373. The van der Waals surface area contributed by atoms with Gasteiger partial charge in [-0.05, 0) is 13.8 Å². The number of rotatable bonds is 2. The molecule has 0 aromatic carbocycles. The molecule has 1 aromatic rings. The maximum absolute atomic E-state index is 11.0. The van der Waals surface area contributed by atoms with Crippen molar-refractivity contribution >= 4 is 17.1 Å². The number of nitriles is 1. The lowest BCUT2D eigenvalue weighted by Gasteiger charge is -2.09. The van der Waals surface area contributed by atoms with Crippen molar-refractivity contribution in [1.29, 1.82) is 5.26 Å². The topological polar surface area (TPSA) is 53.8 Å². The number of hydrogen-bond donors (Lipinski definition) is 0. The second kappa shape index (κ2) is 3.27. The van der Waals surface area contributed by atoms with Gasteiger partial charge in [-0.3, -0.25) is 4.79 Å². The van der Waals surface area contributed by atoms with Gasteiger partial charge >= 0.3 is 0 Å². The molecule has 68 valence electrons. The van der Waals surface area contributed by atoms with Crippen LogP contribution in [-0.2, 0) is 5.41 Å². The number of carbonyl (C=O) groups excluding carboxylic acids is 1. The molecule has 0 amide bonds. The molecule has 0 N–H and O–H groups in total. The molecule has 0 bridgehead atoms. The Kier molecular flexibility index (Phi) is 2.48. The van der Waals surface area contributed by atoms with Gasteiger partial charge in [0.05, 0.1) is 10.9 Å². The number of thiazole rings is 1. The van der Waals surface area contributed by atoms with Gasteiger partial charge in [0.25, 0.3) is 0 Å². The van der Waals surface area contributed by atoms with Crippen molar-refractivity contribution in [2.24, 2.45) is 0 Å². The molecule has 0 atom stereocenters. The van der Waals surface area contributed by atoms with E-state index in [4.69, 9.17) is 5.26 Å². The molecule has 1 rings (SSSR count). The monoisotopic (exact) mass is 194 g/mol. The summed E-state index contributed by atoms with van der Waals surface area (Å²) in [4.78, 5) is 15.6. The van der Waals surface area contributed by atoms with Gasteiger partial charge in [0.1, 0.15) is 10.4 Å². The number of ketones is 1. The molecule has 0 aliphatic heterocycles. The largest absolute Gasteiger partial charge is 0.294 e. The lowest BCUT2D eigenvalue weighted by atomic mass is 9.97. The van der Waals surface area contributed by atoms with Crippen molar-refractivity contribution in [2.45, 2.75) is 26.2 Å². The summed E-state index contributed by atoms with van der Waals surface area (Å²) in [6.45, 7) is 5.07. The van der Waals surface area contributed by atoms with Gasteiger partial charge in [0, 0.05) is 13.1 Å². The first kappa shape index (κ1) is 9.87. The zero-order valence-corrected chi connectivity index (χ0v) is 8.60. The van der Waals surface area contributed by atoms with Crippen molar-refractivity contribution in [3.63, 3.8) is 0 Å². The molecule has 1 aromatic heterocycles. The zero-order chi connectivity index (χ0) is 10.1. The van der Waals surface area contributed by atoms with Crippen molar-refractivity contribution < 1.29 is 4.79 Å². The van der Waals surface area contributed by atoms with Gasteiger partial charge in [-0.25, -0.2) is 4.98 Å². The first-order chi connectivity index (χ1) is 5.97. The van der Waals surface area contributed by atoms with E-state index in [1.165, 1.54) is 24.5 Å². The molecule has 3 nitrogen and oxygen atoms in total. The molecular weight excluding hydrogens is 184 g/mol. The second-order valence-corrected chi connectivity index (χ2v) is 4.35. The normalized spacial score (nSPS) is 10.9. The van der Waals surface area contributed by atoms with Gasteiger partial charge in [-0.1, -0.05) is 0 Å². The van der Waals surface area contributed by atoms with Crippen molar-refractivity contribution in [1.82, 2.24) is 4.98 Å². The Hall–Kier alpha value is -1.21. The van der Waals surface area contributed by atoms with E-state index in [1.807, 2.05) is 0 Å². The van der Waals surface area contributed by atoms with E-state index in [1.54, 1.807) is 13.8 Å². The quantitative estimate of drug-likeness (QED) is 0.678. The number of Topliss-reactive ketones (excluding diaryl/α,β-unsaturated/α-hetero) is 1. The second-order valence-electron chi connectivity index (χ2n) is 3.32. The van der Waals surface area contributed by atoms with E-state index >= 15 is 0 Å². The molecule has 0 radical (unpaired) electrons. The van der Waals surface area contributed by atoms with Gasteiger partial charge in [0.2, 0.25) is 0 Å². The summed E-state index contributed by atoms with van der Waals surface area (Å²) in [5.41, 5.74) is -0.599. The van der Waals surface area contributed by atoms with Gasteiger partial charge in [-0.15, -0.1) is 11.3 Å². The molecule has 0 saturated heterocycles. The number of nitrogens with zero attached hydrogens (tertiary/aromatic N) is 2. The third kappa shape index (κ3) is 1.93. The fourth-order valence-electron chi connectivity index (χ4n) is 0.774. The van der Waals surface area contributed by atoms with Crippen LogP contribution >= 0.6 is 11.3 Å². The van der Waals surface area contributed by atoms with Gasteiger partial charge < -0.3 is 0 Å². The SMILES string of the molecule is CC(=O)c1cnc(C(C)(C)C#N)s1. The third-order valence-electron chi connectivity index (χ3n) is 1.67. The van der Waals surface area contributed by atoms with E-state index in [-0.39, 0.29) is 5.78 Å². The Morgan fingerprint density at radius 1 is 1.69 bits per heavy atom. The number of hydrogen-bond acceptors (Lipinski definition) is 4. The first-order valence-electron chi connectivity index (χ1n) is 3.86. The van der Waals surface area contributed by atoms with Gasteiger partial charge in [0.15, 0.2) is 5.78 Å². The first-order valence-corrected chi connectivity index (χ1v) is 4.67. The molecular formula is C9H10N2OS. The molecule has 0 unspecified atom stereocenters. The predicted molar refractivity (Wildman–Crippen MR) is 50.8 cm³/mol. The summed E-state index contributed by atoms with van der Waals surface area (Å²) in [6.07, 6.45) is 1.53. The highest BCUT2D eigenvalue weighted by atomic mass is 32.1. The summed E-state index contributed by atoms with van der Waals surface area (Å²) in [7, 11) is 0. The van der Waals surface area contributed by atoms with Crippen LogP contribution in [-0.4, -0.2) is 10.8 Å². The average molecular weight is 194 g/mol. The zero-order valence-electron chi connectivity index (χ0n) is 7.79. The lowest BCUT2D eigenvalue weighted by molar-refractivity contribution is 0.102. The highest BCUT2D eigenvalue weighted by Crippen LogP contribution is 2.26. The molecule has 0 spiro atoms. The van der Waals surface area contributed by atoms with E-state index < -0.39 is 5.41 Å². The van der Waals surface area contributed by atoms with E-state index in [2.05, 4.69) is 11.1 Å². The summed E-state index contributed by atoms with van der Waals surface area (Å²) >= 11 is 1.29. The van der Waals surface area contributed by atoms with Crippen LogP contribution in [0.4, 0.5) is 0 Å². The van der Waals surface area contributed by atoms with Crippen molar-refractivity contribution in [3.05, 3.63) is 16.1 Å². The van der Waals surface area contributed by atoms with Crippen molar-refractivity contribution in [2.75, 3.05) is 0 Å². The van der Waals surface area contributed by atoms with E-state index in [9.17, 15) is 4.79 Å². The summed E-state index contributed by atoms with van der Waals surface area (Å²) in [5, 5.41) is 9.52. The highest BCUT2D eigenvalue weighted by molar-refractivity contribution is 7.13. The van der Waals surface area contributed by atoms with Crippen LogP contribution in [0.15, 0.2) is 6.20 Å². The summed E-state index contributed by atoms with van der Waals surface area (Å²) in [5.74, 6) is -0.00232. The molecule has 4 heteroatoms. The Morgan fingerprint density at radius 3 is 2.69 bits per heavy atom. The minimum absolute atomic E-state index is 0.00232. The van der Waals surface area contributed by atoms with Crippen molar-refractivity contribution in [3.8, 4) is 6.07 Å². The smallest absolute Gasteiger partial charge is 0.171 e. The summed E-state index contributed by atoms with van der Waals surface area (Å²) in [6, 6.07) is 2.15. The summed E-state index contributed by atoms with van der Waals surface area (Å²) < 4.78 is 0. The van der Waals surface area contributed by atoms with E-state index in [0.717, 1.165) is 0 Å². The molecule has 0 aliphatic rings. The van der Waals surface area contributed by atoms with Crippen LogP contribution in [0.25, 0.3) is 0 Å². The Balaban J connectivity index is 3.07. The van der Waals surface area contributed by atoms with Crippen LogP contribution in [0.1, 0.15) is 35.5 Å². The Labute approximate surface area is 81.0 Å². The maximum Gasteiger partial charge on any atom is 0.171 e. The lowest BCUT2D eigenvalue weighted by Crippen LogP contribution is -2.12. The maximum atomic E-state index is 11.0. The third-order valence-corrected chi connectivity index (χ3v) is 3.09. The molecule has 0 fully saturated rings. The number of carbonyl (C=O) groups is 1. The Morgan fingerprint density at radius 2 is 2.31 bits per heavy atom. The fourth-order valence-corrected chi connectivity index (χ4v) is 1.64. The van der Waals surface area contributed by atoms with Crippen LogP contribution in [0.3, 0.4) is 0 Å². The van der Waals surface area contributed by atoms with Crippen LogP contribution in [0.5, 0.6) is 0 Å². The average Bonchev–Trinajstić information content (AvgIpc) is 2.52. The van der Waals surface area contributed by atoms with Gasteiger partial charge in [-0.2, -0.15) is 5.26 Å². The van der Waals surface area contributed by atoms with Crippen LogP contribution in [0.2, 0.25) is 0 Å².